The van der Waals surface area contributed by atoms with Gasteiger partial charge in [-0.15, -0.1) is 0 Å². The summed E-state index contributed by atoms with van der Waals surface area (Å²) in [6.45, 7) is 5.90. The second kappa shape index (κ2) is 7.28. The van der Waals surface area contributed by atoms with Crippen molar-refractivity contribution in [2.45, 2.75) is 27.3 Å². The van der Waals surface area contributed by atoms with Gasteiger partial charge in [0.05, 0.1) is 6.61 Å². The van der Waals surface area contributed by atoms with E-state index in [2.05, 4.69) is 11.1 Å². The fourth-order valence-electron chi connectivity index (χ4n) is 2.81. The van der Waals surface area contributed by atoms with Gasteiger partial charge in [-0.3, -0.25) is 4.79 Å². The summed E-state index contributed by atoms with van der Waals surface area (Å²) >= 11 is 0. The molecule has 0 atom stereocenters. The first-order valence-electron chi connectivity index (χ1n) is 8.32. The number of furan rings is 1. The van der Waals surface area contributed by atoms with Crippen LogP contribution in [0.2, 0.25) is 0 Å². The van der Waals surface area contributed by atoms with Crippen LogP contribution >= 0.6 is 0 Å². The number of hydrogen-bond donors (Lipinski definition) is 0. The average Bonchev–Trinajstić information content (AvgIpc) is 3.11. The lowest BCUT2D eigenvalue weighted by Gasteiger charge is -2.04. The maximum Gasteiger partial charge on any atom is 0.325 e. The Morgan fingerprint density at radius 1 is 1.38 bits per heavy atom. The van der Waals surface area contributed by atoms with Gasteiger partial charge in [-0.2, -0.15) is 5.26 Å². The van der Waals surface area contributed by atoms with Crippen molar-refractivity contribution in [3.63, 3.8) is 0 Å². The summed E-state index contributed by atoms with van der Waals surface area (Å²) in [5.41, 5.74) is 2.98. The van der Waals surface area contributed by atoms with Gasteiger partial charge in [-0.25, -0.2) is 4.99 Å². The van der Waals surface area contributed by atoms with Gasteiger partial charge >= 0.3 is 5.97 Å². The highest BCUT2D eigenvalue weighted by Gasteiger charge is 2.14. The third-order valence-corrected chi connectivity index (χ3v) is 4.22. The highest BCUT2D eigenvalue weighted by Crippen LogP contribution is 2.28. The zero-order valence-electron chi connectivity index (χ0n) is 14.9. The number of aromatic nitrogens is 1. The van der Waals surface area contributed by atoms with Crippen LogP contribution in [-0.4, -0.2) is 23.4 Å². The van der Waals surface area contributed by atoms with Crippen molar-refractivity contribution in [2.75, 3.05) is 6.61 Å². The number of aryl methyl sites for hydroxylation is 1. The first-order chi connectivity index (χ1) is 12.5. The monoisotopic (exact) mass is 349 g/mol. The number of benzene rings is 1. The van der Waals surface area contributed by atoms with E-state index in [0.717, 1.165) is 22.0 Å². The van der Waals surface area contributed by atoms with Crippen LogP contribution in [0, 0.1) is 25.2 Å². The number of carbonyl (C=O) groups excluding carboxylic acids is 1. The molecule has 2 aromatic heterocycles. The van der Waals surface area contributed by atoms with Crippen LogP contribution in [0.4, 0.5) is 5.88 Å². The van der Waals surface area contributed by atoms with E-state index in [4.69, 9.17) is 9.15 Å². The summed E-state index contributed by atoms with van der Waals surface area (Å²) in [7, 11) is 0. The second-order valence-corrected chi connectivity index (χ2v) is 5.87. The van der Waals surface area contributed by atoms with Gasteiger partial charge in [0.2, 0.25) is 5.88 Å². The van der Waals surface area contributed by atoms with Crippen molar-refractivity contribution in [1.82, 2.24) is 4.57 Å². The predicted octanol–water partition coefficient (Wildman–Crippen LogP) is 4.04. The zero-order chi connectivity index (χ0) is 18.7. The fourth-order valence-corrected chi connectivity index (χ4v) is 2.81. The van der Waals surface area contributed by atoms with Crippen LogP contribution in [0.15, 0.2) is 39.9 Å². The summed E-state index contributed by atoms with van der Waals surface area (Å²) in [6.07, 6.45) is 3.50. The SMILES string of the molecule is CCOC(=O)Cn1cc(/C=N/c2oc(C)c(C)c2C#N)c2ccccc21. The fraction of sp³-hybridized carbons (Fsp3) is 0.250. The van der Waals surface area contributed by atoms with Crippen molar-refractivity contribution in [3.05, 3.63) is 52.9 Å². The van der Waals surface area contributed by atoms with E-state index in [1.54, 1.807) is 20.1 Å². The van der Waals surface area contributed by atoms with E-state index in [-0.39, 0.29) is 12.5 Å². The lowest BCUT2D eigenvalue weighted by atomic mass is 10.2. The normalized spacial score (nSPS) is 11.2. The molecule has 0 bridgehead atoms. The third kappa shape index (κ3) is 3.24. The minimum absolute atomic E-state index is 0.130. The Labute approximate surface area is 151 Å². The molecule has 0 N–H and O–H groups in total. The number of ether oxygens (including phenoxy) is 1. The second-order valence-electron chi connectivity index (χ2n) is 5.87. The number of aliphatic imine (C=N–C) groups is 1. The van der Waals surface area contributed by atoms with Gasteiger partial charge in [0, 0.05) is 34.4 Å². The molecule has 2 heterocycles. The Kier molecular flexibility index (Phi) is 4.90. The maximum absolute atomic E-state index is 11.8. The van der Waals surface area contributed by atoms with E-state index in [0.29, 0.717) is 23.8 Å². The van der Waals surface area contributed by atoms with Gasteiger partial charge in [0.1, 0.15) is 23.9 Å². The third-order valence-electron chi connectivity index (χ3n) is 4.22. The molecule has 0 saturated carbocycles. The molecular weight excluding hydrogens is 330 g/mol. The molecule has 6 heteroatoms. The Morgan fingerprint density at radius 2 is 2.15 bits per heavy atom. The molecule has 6 nitrogen and oxygen atoms in total. The van der Waals surface area contributed by atoms with Crippen LogP contribution in [-0.2, 0) is 16.1 Å². The largest absolute Gasteiger partial charge is 0.465 e. The number of carbonyl (C=O) groups is 1. The highest BCUT2D eigenvalue weighted by molar-refractivity contribution is 6.00. The molecule has 0 saturated heterocycles. The Morgan fingerprint density at radius 3 is 2.88 bits per heavy atom. The number of nitrogens with zero attached hydrogens (tertiary/aromatic N) is 3. The molecule has 0 aliphatic heterocycles. The summed E-state index contributed by atoms with van der Waals surface area (Å²) in [5.74, 6) is 0.684. The van der Waals surface area contributed by atoms with E-state index in [9.17, 15) is 10.1 Å². The van der Waals surface area contributed by atoms with E-state index < -0.39 is 0 Å². The molecule has 0 amide bonds. The van der Waals surface area contributed by atoms with Crippen molar-refractivity contribution < 1.29 is 13.9 Å². The quantitative estimate of drug-likeness (QED) is 0.514. The molecule has 3 rings (SSSR count). The Balaban J connectivity index is 2.00. The van der Waals surface area contributed by atoms with Gasteiger partial charge in [-0.1, -0.05) is 18.2 Å². The Bertz CT molecular complexity index is 1030. The maximum atomic E-state index is 11.8. The smallest absolute Gasteiger partial charge is 0.325 e. The zero-order valence-corrected chi connectivity index (χ0v) is 14.9. The van der Waals surface area contributed by atoms with E-state index in [1.165, 1.54) is 0 Å². The molecule has 0 fully saturated rings. The number of hydrogen-bond acceptors (Lipinski definition) is 5. The summed E-state index contributed by atoms with van der Waals surface area (Å²) < 4.78 is 12.4. The van der Waals surface area contributed by atoms with Crippen LogP contribution < -0.4 is 0 Å². The first-order valence-corrected chi connectivity index (χ1v) is 8.32. The van der Waals surface area contributed by atoms with Crippen LogP contribution in [0.25, 0.3) is 10.9 Å². The average molecular weight is 349 g/mol. The van der Waals surface area contributed by atoms with Crippen LogP contribution in [0.3, 0.4) is 0 Å². The number of fused-ring (bicyclic) bond motifs is 1. The van der Waals surface area contributed by atoms with Gasteiger partial charge < -0.3 is 13.7 Å². The van der Waals surface area contributed by atoms with Crippen molar-refractivity contribution in [3.8, 4) is 6.07 Å². The first kappa shape index (κ1) is 17.5. The van der Waals surface area contributed by atoms with Crippen molar-refractivity contribution in [2.24, 2.45) is 4.99 Å². The molecule has 0 spiro atoms. The number of nitriles is 1. The van der Waals surface area contributed by atoms with E-state index >= 15 is 0 Å². The number of esters is 1. The van der Waals surface area contributed by atoms with Crippen molar-refractivity contribution in [1.29, 1.82) is 5.26 Å². The molecule has 0 radical (unpaired) electrons. The van der Waals surface area contributed by atoms with Crippen molar-refractivity contribution >= 4 is 29.0 Å². The molecule has 26 heavy (non-hydrogen) atoms. The summed E-state index contributed by atoms with van der Waals surface area (Å²) in [5, 5.41) is 10.3. The molecule has 0 aliphatic rings. The predicted molar refractivity (Wildman–Crippen MR) is 98.7 cm³/mol. The minimum Gasteiger partial charge on any atom is -0.465 e. The number of para-hydroxylation sites is 1. The Hall–Kier alpha value is -3.33. The lowest BCUT2D eigenvalue weighted by molar-refractivity contribution is -0.143. The minimum atomic E-state index is -0.291. The summed E-state index contributed by atoms with van der Waals surface area (Å²) in [6, 6.07) is 9.87. The van der Waals surface area contributed by atoms with Crippen LogP contribution in [0.5, 0.6) is 0 Å². The van der Waals surface area contributed by atoms with Crippen LogP contribution in [0.1, 0.15) is 29.4 Å². The van der Waals surface area contributed by atoms with Gasteiger partial charge in [-0.05, 0) is 26.8 Å². The number of rotatable bonds is 5. The molecule has 132 valence electrons. The van der Waals surface area contributed by atoms with Gasteiger partial charge in [0.25, 0.3) is 0 Å². The molecule has 0 aliphatic carbocycles. The lowest BCUT2D eigenvalue weighted by Crippen LogP contribution is -2.12. The molecule has 1 aromatic carbocycles. The van der Waals surface area contributed by atoms with E-state index in [1.807, 2.05) is 42.0 Å². The topological polar surface area (TPSA) is 80.5 Å². The summed E-state index contributed by atoms with van der Waals surface area (Å²) in [4.78, 5) is 16.2. The molecular formula is C20H19N3O3. The molecule has 0 unspecified atom stereocenters. The highest BCUT2D eigenvalue weighted by atomic mass is 16.5. The molecule has 3 aromatic rings. The van der Waals surface area contributed by atoms with Gasteiger partial charge in [0.15, 0.2) is 0 Å². The standard InChI is InChI=1S/C20H19N3O3/c1-4-25-19(24)12-23-11-15(16-7-5-6-8-18(16)23)10-22-20-17(9-21)13(2)14(3)26-20/h5-8,10-11H,4,12H2,1-3H3/b22-10+.